The van der Waals surface area contributed by atoms with E-state index in [9.17, 15) is 0 Å². The van der Waals surface area contributed by atoms with E-state index in [0.717, 1.165) is 5.69 Å². The molecule has 0 amide bonds. The maximum atomic E-state index is 6.13. The van der Waals surface area contributed by atoms with Gasteiger partial charge in [0.25, 0.3) is 0 Å². The molecule has 0 saturated carbocycles. The molecule has 0 spiro atoms. The van der Waals surface area contributed by atoms with E-state index >= 15 is 0 Å². The first-order valence-corrected chi connectivity index (χ1v) is 5.90. The minimum atomic E-state index is 0.0154. The van der Waals surface area contributed by atoms with Gasteiger partial charge in [-0.15, -0.1) is 0 Å². The van der Waals surface area contributed by atoms with Gasteiger partial charge in [0.1, 0.15) is 0 Å². The van der Waals surface area contributed by atoms with E-state index in [1.54, 1.807) is 6.08 Å². The normalized spacial score (nSPS) is 17.6. The molecule has 0 radical (unpaired) electrons. The lowest BCUT2D eigenvalue weighted by atomic mass is 9.81. The summed E-state index contributed by atoms with van der Waals surface area (Å²) in [5.41, 5.74) is 12.2. The molecule has 1 aliphatic carbocycles. The zero-order valence-corrected chi connectivity index (χ0v) is 10.7. The number of hydrogen-bond donors (Lipinski definition) is 1. The fourth-order valence-corrected chi connectivity index (χ4v) is 2.60. The third-order valence-corrected chi connectivity index (χ3v) is 3.75. The van der Waals surface area contributed by atoms with Crippen molar-refractivity contribution in [2.75, 3.05) is 5.73 Å². The Bertz CT molecular complexity index is 530. The van der Waals surface area contributed by atoms with Gasteiger partial charge in [-0.1, -0.05) is 56.4 Å². The summed E-state index contributed by atoms with van der Waals surface area (Å²) in [6.45, 7) is 10.4. The van der Waals surface area contributed by atoms with Crippen LogP contribution in [-0.4, -0.2) is 0 Å². The van der Waals surface area contributed by atoms with E-state index in [-0.39, 0.29) is 5.41 Å². The number of allylic oxidation sites excluding steroid dienone is 5. The van der Waals surface area contributed by atoms with Crippen LogP contribution in [0.4, 0.5) is 5.69 Å². The summed E-state index contributed by atoms with van der Waals surface area (Å²) in [5.74, 6) is 0. The molecule has 0 heterocycles. The molecular formula is C16H19N. The summed E-state index contributed by atoms with van der Waals surface area (Å²) in [5, 5.41) is 0. The molecule has 17 heavy (non-hydrogen) atoms. The fourth-order valence-electron chi connectivity index (χ4n) is 2.60. The Morgan fingerprint density at radius 2 is 2.00 bits per heavy atom. The van der Waals surface area contributed by atoms with Gasteiger partial charge in [0.2, 0.25) is 0 Å². The molecule has 0 aromatic heterocycles. The quantitative estimate of drug-likeness (QED) is 0.595. The molecule has 2 rings (SSSR count). The predicted octanol–water partition coefficient (Wildman–Crippen LogP) is 4.08. The van der Waals surface area contributed by atoms with Gasteiger partial charge in [-0.05, 0) is 29.7 Å². The maximum absolute atomic E-state index is 6.13. The van der Waals surface area contributed by atoms with Crippen LogP contribution < -0.4 is 5.73 Å². The number of nitrogen functional groups attached to an aromatic ring is 1. The van der Waals surface area contributed by atoms with E-state index in [1.807, 2.05) is 18.2 Å². The number of rotatable bonds is 2. The molecule has 0 saturated heterocycles. The van der Waals surface area contributed by atoms with Crippen LogP contribution in [0.3, 0.4) is 0 Å². The second-order valence-corrected chi connectivity index (χ2v) is 5.03. The smallest absolute Gasteiger partial charge is 0.0361 e. The first-order valence-electron chi connectivity index (χ1n) is 5.90. The summed E-state index contributed by atoms with van der Waals surface area (Å²) in [6.07, 6.45) is 5.90. The van der Waals surface area contributed by atoms with Crippen molar-refractivity contribution in [3.63, 3.8) is 0 Å². The first-order chi connectivity index (χ1) is 8.00. The van der Waals surface area contributed by atoms with Gasteiger partial charge in [-0.25, -0.2) is 0 Å². The van der Waals surface area contributed by atoms with Gasteiger partial charge in [0.15, 0.2) is 0 Å². The molecular weight excluding hydrogens is 206 g/mol. The molecule has 0 bridgehead atoms. The Morgan fingerprint density at radius 1 is 1.29 bits per heavy atom. The van der Waals surface area contributed by atoms with Gasteiger partial charge < -0.3 is 5.73 Å². The molecule has 0 fully saturated rings. The highest BCUT2D eigenvalue weighted by Crippen LogP contribution is 2.48. The number of fused-ring (bicyclic) bond motifs is 1. The van der Waals surface area contributed by atoms with E-state index in [4.69, 9.17) is 5.73 Å². The molecule has 1 aliphatic rings. The zero-order chi connectivity index (χ0) is 12.6. The Morgan fingerprint density at radius 3 is 2.65 bits per heavy atom. The van der Waals surface area contributed by atoms with Crippen LogP contribution in [0.5, 0.6) is 0 Å². The van der Waals surface area contributed by atoms with Crippen LogP contribution >= 0.6 is 0 Å². The first kappa shape index (κ1) is 11.7. The van der Waals surface area contributed by atoms with Crippen LogP contribution in [-0.2, 0) is 5.41 Å². The number of hydrogen-bond acceptors (Lipinski definition) is 1. The van der Waals surface area contributed by atoms with E-state index < -0.39 is 0 Å². The van der Waals surface area contributed by atoms with Crippen molar-refractivity contribution in [2.24, 2.45) is 0 Å². The number of nitrogens with two attached hydrogens (primary N) is 1. The lowest BCUT2D eigenvalue weighted by Gasteiger charge is -2.23. The van der Waals surface area contributed by atoms with Crippen molar-refractivity contribution in [3.05, 3.63) is 59.7 Å². The highest BCUT2D eigenvalue weighted by Gasteiger charge is 2.35. The molecule has 1 aromatic carbocycles. The predicted molar refractivity (Wildman–Crippen MR) is 75.8 cm³/mol. The van der Waals surface area contributed by atoms with Crippen LogP contribution in [0.2, 0.25) is 0 Å². The van der Waals surface area contributed by atoms with Crippen molar-refractivity contribution in [1.29, 1.82) is 0 Å². The summed E-state index contributed by atoms with van der Waals surface area (Å²) in [6, 6.07) is 6.14. The average Bonchev–Trinajstić information content (AvgIpc) is 2.47. The van der Waals surface area contributed by atoms with Crippen molar-refractivity contribution in [1.82, 2.24) is 0 Å². The van der Waals surface area contributed by atoms with Gasteiger partial charge in [-0.2, -0.15) is 0 Å². The third-order valence-electron chi connectivity index (χ3n) is 3.75. The van der Waals surface area contributed by atoms with Crippen LogP contribution in [0.25, 0.3) is 5.57 Å². The van der Waals surface area contributed by atoms with Crippen molar-refractivity contribution in [2.45, 2.75) is 26.2 Å². The largest absolute Gasteiger partial charge is 0.398 e. The standard InChI is InChI=1S/C16H19N/c1-5-6-8-12-11(2)16(3,4)15-13(12)9-7-10-14(15)17/h5-10H,1,17H2,2-4H3/b8-6-. The lowest BCUT2D eigenvalue weighted by Crippen LogP contribution is -2.17. The fraction of sp³-hybridized carbons (Fsp3) is 0.250. The van der Waals surface area contributed by atoms with Crippen molar-refractivity contribution < 1.29 is 0 Å². The third kappa shape index (κ3) is 1.62. The Hall–Kier alpha value is -1.76. The number of benzene rings is 1. The molecule has 0 atom stereocenters. The Labute approximate surface area is 103 Å². The van der Waals surface area contributed by atoms with Crippen LogP contribution in [0.15, 0.2) is 48.6 Å². The maximum Gasteiger partial charge on any atom is 0.0361 e. The molecule has 1 heteroatoms. The van der Waals surface area contributed by atoms with Gasteiger partial charge in [0, 0.05) is 11.1 Å². The van der Waals surface area contributed by atoms with E-state index in [0.29, 0.717) is 0 Å². The zero-order valence-electron chi connectivity index (χ0n) is 10.7. The molecule has 2 N–H and O–H groups in total. The van der Waals surface area contributed by atoms with E-state index in [1.165, 1.54) is 22.3 Å². The second-order valence-electron chi connectivity index (χ2n) is 5.03. The minimum absolute atomic E-state index is 0.0154. The number of anilines is 1. The summed E-state index contributed by atoms with van der Waals surface area (Å²) in [7, 11) is 0. The summed E-state index contributed by atoms with van der Waals surface area (Å²) < 4.78 is 0. The lowest BCUT2D eigenvalue weighted by molar-refractivity contribution is 0.641. The summed E-state index contributed by atoms with van der Waals surface area (Å²) in [4.78, 5) is 0. The van der Waals surface area contributed by atoms with E-state index in [2.05, 4.69) is 39.5 Å². The second kappa shape index (κ2) is 3.92. The van der Waals surface area contributed by atoms with Gasteiger partial charge >= 0.3 is 0 Å². The Kier molecular flexibility index (Phi) is 2.70. The SMILES string of the molecule is C=C/C=C\C1=C(C)C(C)(C)c2c(N)cccc21. The monoisotopic (exact) mass is 225 g/mol. The Balaban J connectivity index is 2.70. The molecule has 0 aliphatic heterocycles. The van der Waals surface area contributed by atoms with Crippen LogP contribution in [0, 0.1) is 0 Å². The molecule has 1 aromatic rings. The van der Waals surface area contributed by atoms with Gasteiger partial charge in [0.05, 0.1) is 0 Å². The average molecular weight is 225 g/mol. The van der Waals surface area contributed by atoms with Crippen molar-refractivity contribution >= 4 is 11.3 Å². The summed E-state index contributed by atoms with van der Waals surface area (Å²) >= 11 is 0. The molecule has 0 unspecified atom stereocenters. The highest BCUT2D eigenvalue weighted by molar-refractivity contribution is 5.88. The van der Waals surface area contributed by atoms with Crippen LogP contribution in [0.1, 0.15) is 31.9 Å². The van der Waals surface area contributed by atoms with Crippen molar-refractivity contribution in [3.8, 4) is 0 Å². The van der Waals surface area contributed by atoms with Gasteiger partial charge in [-0.3, -0.25) is 0 Å². The molecule has 88 valence electrons. The topological polar surface area (TPSA) is 26.0 Å². The highest BCUT2D eigenvalue weighted by atomic mass is 14.6. The molecule has 1 nitrogen and oxygen atoms in total. The minimum Gasteiger partial charge on any atom is -0.398 e.